The number of hydrogen-bond acceptors (Lipinski definition) is 4. The fraction of sp³-hybridized carbons (Fsp3) is 0.600. The lowest BCUT2D eigenvalue weighted by molar-refractivity contribution is 0.172. The minimum absolute atomic E-state index is 0.0634. The molecule has 5 nitrogen and oxygen atoms in total. The van der Waals surface area contributed by atoms with Gasteiger partial charge in [-0.2, -0.15) is 0 Å². The third-order valence-corrected chi connectivity index (χ3v) is 4.00. The first-order valence-electron chi connectivity index (χ1n) is 7.38. The molecule has 1 aliphatic heterocycles. The molecule has 0 spiro atoms. The highest BCUT2D eigenvalue weighted by atomic mass is 16.4. The molecule has 110 valence electrons. The largest absolute Gasteiger partial charge is 0.409 e. The standard InChI is InChI=1S/C15H24N4O/c1-2-3-12-5-8-19(9-6-12)11-13-4-7-17-14(10-13)15(16)18-20/h4,7,10,12,20H,2-3,5-6,8-9,11H2,1H3,(H2,16,18). The molecule has 0 aliphatic carbocycles. The molecule has 3 N–H and O–H groups in total. The highest BCUT2D eigenvalue weighted by Gasteiger charge is 2.18. The van der Waals surface area contributed by atoms with Gasteiger partial charge in [0.15, 0.2) is 5.84 Å². The highest BCUT2D eigenvalue weighted by Crippen LogP contribution is 2.22. The molecule has 0 unspecified atom stereocenters. The molecular formula is C15H24N4O. The Morgan fingerprint density at radius 1 is 1.50 bits per heavy atom. The van der Waals surface area contributed by atoms with E-state index < -0.39 is 0 Å². The average Bonchev–Trinajstić information content (AvgIpc) is 2.49. The van der Waals surface area contributed by atoms with Gasteiger partial charge in [0.2, 0.25) is 0 Å². The van der Waals surface area contributed by atoms with Crippen LogP contribution in [0.15, 0.2) is 23.5 Å². The van der Waals surface area contributed by atoms with E-state index in [0.717, 1.165) is 31.1 Å². The summed E-state index contributed by atoms with van der Waals surface area (Å²) in [6.07, 6.45) is 6.96. The molecule has 1 aromatic rings. The molecule has 0 aromatic carbocycles. The molecule has 0 atom stereocenters. The number of oxime groups is 1. The first kappa shape index (κ1) is 14.8. The number of nitrogens with zero attached hydrogens (tertiary/aromatic N) is 3. The summed E-state index contributed by atoms with van der Waals surface area (Å²) in [6.45, 7) is 5.49. The molecule has 2 heterocycles. The van der Waals surface area contributed by atoms with Gasteiger partial charge in [0.05, 0.1) is 0 Å². The van der Waals surface area contributed by atoms with Crippen LogP contribution in [0.4, 0.5) is 0 Å². The van der Waals surface area contributed by atoms with E-state index in [1.165, 1.54) is 25.7 Å². The second-order valence-electron chi connectivity index (χ2n) is 5.54. The van der Waals surface area contributed by atoms with Crippen LogP contribution in [0.25, 0.3) is 0 Å². The lowest BCUT2D eigenvalue weighted by atomic mass is 9.92. The summed E-state index contributed by atoms with van der Waals surface area (Å²) in [6, 6.07) is 3.89. The van der Waals surface area contributed by atoms with Crippen LogP contribution in [0.2, 0.25) is 0 Å². The van der Waals surface area contributed by atoms with E-state index in [0.29, 0.717) is 5.69 Å². The zero-order valence-electron chi connectivity index (χ0n) is 12.1. The van der Waals surface area contributed by atoms with Crippen molar-refractivity contribution in [2.45, 2.75) is 39.2 Å². The Balaban J connectivity index is 1.91. The van der Waals surface area contributed by atoms with Gasteiger partial charge in [-0.25, -0.2) is 0 Å². The van der Waals surface area contributed by atoms with Crippen LogP contribution in [0.1, 0.15) is 43.9 Å². The first-order valence-corrected chi connectivity index (χ1v) is 7.38. The molecule has 0 radical (unpaired) electrons. The van der Waals surface area contributed by atoms with Gasteiger partial charge in [-0.05, 0) is 49.5 Å². The van der Waals surface area contributed by atoms with E-state index in [2.05, 4.69) is 22.0 Å². The number of aromatic nitrogens is 1. The van der Waals surface area contributed by atoms with Gasteiger partial charge < -0.3 is 10.9 Å². The number of hydrogen-bond donors (Lipinski definition) is 2. The van der Waals surface area contributed by atoms with Crippen LogP contribution in [0.5, 0.6) is 0 Å². The highest BCUT2D eigenvalue weighted by molar-refractivity contribution is 5.95. The third kappa shape index (κ3) is 3.93. The predicted molar refractivity (Wildman–Crippen MR) is 79.7 cm³/mol. The molecule has 0 saturated carbocycles. The number of amidine groups is 1. The quantitative estimate of drug-likeness (QED) is 0.374. The van der Waals surface area contributed by atoms with Crippen LogP contribution in [0.3, 0.4) is 0 Å². The van der Waals surface area contributed by atoms with Crippen LogP contribution in [-0.2, 0) is 6.54 Å². The van der Waals surface area contributed by atoms with Crippen molar-refractivity contribution in [3.8, 4) is 0 Å². The molecule has 0 amide bonds. The van der Waals surface area contributed by atoms with E-state index in [1.54, 1.807) is 6.20 Å². The van der Waals surface area contributed by atoms with Crippen LogP contribution in [-0.4, -0.2) is 34.0 Å². The maximum Gasteiger partial charge on any atom is 0.188 e. The minimum Gasteiger partial charge on any atom is -0.409 e. The normalized spacial score (nSPS) is 18.4. The van der Waals surface area contributed by atoms with Crippen molar-refractivity contribution in [1.29, 1.82) is 0 Å². The van der Waals surface area contributed by atoms with E-state index in [9.17, 15) is 0 Å². The minimum atomic E-state index is 0.0634. The maximum absolute atomic E-state index is 8.69. The zero-order chi connectivity index (χ0) is 14.4. The fourth-order valence-corrected chi connectivity index (χ4v) is 2.86. The molecule has 1 saturated heterocycles. The van der Waals surface area contributed by atoms with Crippen molar-refractivity contribution in [2.75, 3.05) is 13.1 Å². The zero-order valence-corrected chi connectivity index (χ0v) is 12.1. The van der Waals surface area contributed by atoms with Crippen molar-refractivity contribution in [2.24, 2.45) is 16.8 Å². The summed E-state index contributed by atoms with van der Waals surface area (Å²) in [4.78, 5) is 6.58. The Morgan fingerprint density at radius 2 is 2.25 bits per heavy atom. The van der Waals surface area contributed by atoms with Crippen LogP contribution >= 0.6 is 0 Å². The van der Waals surface area contributed by atoms with Crippen molar-refractivity contribution in [1.82, 2.24) is 9.88 Å². The van der Waals surface area contributed by atoms with E-state index >= 15 is 0 Å². The van der Waals surface area contributed by atoms with E-state index in [4.69, 9.17) is 10.9 Å². The van der Waals surface area contributed by atoms with Gasteiger partial charge in [0.25, 0.3) is 0 Å². The monoisotopic (exact) mass is 276 g/mol. The summed E-state index contributed by atoms with van der Waals surface area (Å²) in [5.41, 5.74) is 7.27. The molecule has 1 fully saturated rings. The number of likely N-dealkylation sites (tertiary alicyclic amines) is 1. The Bertz CT molecular complexity index is 453. The van der Waals surface area contributed by atoms with E-state index in [-0.39, 0.29) is 5.84 Å². The van der Waals surface area contributed by atoms with Gasteiger partial charge in [0.1, 0.15) is 5.69 Å². The molecule has 0 bridgehead atoms. The topological polar surface area (TPSA) is 74.7 Å². The van der Waals surface area contributed by atoms with Gasteiger partial charge in [0, 0.05) is 12.7 Å². The number of rotatable bonds is 5. The van der Waals surface area contributed by atoms with Gasteiger partial charge in [-0.1, -0.05) is 24.9 Å². The van der Waals surface area contributed by atoms with Crippen LogP contribution in [0, 0.1) is 5.92 Å². The predicted octanol–water partition coefficient (Wildman–Crippen LogP) is 2.19. The van der Waals surface area contributed by atoms with Crippen molar-refractivity contribution in [3.05, 3.63) is 29.6 Å². The maximum atomic E-state index is 8.69. The van der Waals surface area contributed by atoms with Gasteiger partial charge in [-0.15, -0.1) is 0 Å². The summed E-state index contributed by atoms with van der Waals surface area (Å²) >= 11 is 0. The Hall–Kier alpha value is -1.62. The molecular weight excluding hydrogens is 252 g/mol. The lowest BCUT2D eigenvalue weighted by Gasteiger charge is -2.31. The summed E-state index contributed by atoms with van der Waals surface area (Å²) in [5.74, 6) is 0.968. The average molecular weight is 276 g/mol. The number of pyridine rings is 1. The Morgan fingerprint density at radius 3 is 2.90 bits per heavy atom. The van der Waals surface area contributed by atoms with E-state index in [1.807, 2.05) is 12.1 Å². The number of nitrogens with two attached hydrogens (primary N) is 1. The van der Waals surface area contributed by atoms with Crippen molar-refractivity contribution >= 4 is 5.84 Å². The summed E-state index contributed by atoms with van der Waals surface area (Å²) < 4.78 is 0. The molecule has 1 aromatic heterocycles. The second-order valence-corrected chi connectivity index (χ2v) is 5.54. The molecule has 1 aliphatic rings. The van der Waals surface area contributed by atoms with Crippen LogP contribution < -0.4 is 5.73 Å². The Labute approximate surface area is 120 Å². The van der Waals surface area contributed by atoms with Crippen molar-refractivity contribution in [3.63, 3.8) is 0 Å². The second kappa shape index (κ2) is 7.24. The summed E-state index contributed by atoms with van der Waals surface area (Å²) in [7, 11) is 0. The van der Waals surface area contributed by atoms with Crippen molar-refractivity contribution < 1.29 is 5.21 Å². The lowest BCUT2D eigenvalue weighted by Crippen LogP contribution is -2.33. The van der Waals surface area contributed by atoms with Gasteiger partial charge >= 0.3 is 0 Å². The number of piperidine rings is 1. The molecule has 5 heteroatoms. The Kier molecular flexibility index (Phi) is 5.35. The summed E-state index contributed by atoms with van der Waals surface area (Å²) in [5, 5.41) is 11.7. The SMILES string of the molecule is CCCC1CCN(Cc2ccnc(C(N)=NO)c2)CC1. The molecule has 20 heavy (non-hydrogen) atoms. The fourth-order valence-electron chi connectivity index (χ4n) is 2.86. The molecule has 2 rings (SSSR count). The van der Waals surface area contributed by atoms with Gasteiger partial charge in [-0.3, -0.25) is 9.88 Å². The first-order chi connectivity index (χ1) is 9.72. The smallest absolute Gasteiger partial charge is 0.188 e. The third-order valence-electron chi connectivity index (χ3n) is 4.00.